The third kappa shape index (κ3) is 3.98. The van der Waals surface area contributed by atoms with Gasteiger partial charge in [0.05, 0.1) is 26.6 Å². The van der Waals surface area contributed by atoms with Crippen molar-refractivity contribution in [1.82, 2.24) is 0 Å². The van der Waals surface area contributed by atoms with Gasteiger partial charge in [0.15, 0.2) is 5.05 Å². The van der Waals surface area contributed by atoms with E-state index in [9.17, 15) is 9.59 Å². The summed E-state index contributed by atoms with van der Waals surface area (Å²) in [6.45, 7) is 1.36. The number of esters is 1. The Morgan fingerprint density at radius 3 is 2.15 bits per heavy atom. The van der Waals surface area contributed by atoms with Crippen molar-refractivity contribution < 1.29 is 19.1 Å². The predicted octanol–water partition coefficient (Wildman–Crippen LogP) is 0.728. The average Bonchev–Trinajstić information content (AvgIpc) is 2.11. The molecule has 0 aliphatic rings. The molecule has 0 rings (SSSR count). The van der Waals surface area contributed by atoms with Gasteiger partial charge in [-0.25, -0.2) is 0 Å². The van der Waals surface area contributed by atoms with Gasteiger partial charge >= 0.3 is 5.97 Å². The van der Waals surface area contributed by atoms with Crippen LogP contribution in [0.4, 0.5) is 0 Å². The highest BCUT2D eigenvalue weighted by atomic mass is 32.1. The Labute approximate surface area is 82.2 Å². The van der Waals surface area contributed by atoms with Crippen molar-refractivity contribution in [3.05, 3.63) is 0 Å². The van der Waals surface area contributed by atoms with Gasteiger partial charge in [-0.2, -0.15) is 0 Å². The minimum atomic E-state index is -0.674. The van der Waals surface area contributed by atoms with Gasteiger partial charge in [-0.1, -0.05) is 0 Å². The number of thiocarbonyl (C=S) groups is 1. The van der Waals surface area contributed by atoms with Crippen molar-refractivity contribution in [2.75, 3.05) is 14.2 Å². The van der Waals surface area contributed by atoms with Crippen LogP contribution in [0, 0.1) is 5.92 Å². The van der Waals surface area contributed by atoms with Crippen LogP contribution in [0.1, 0.15) is 13.3 Å². The lowest BCUT2D eigenvalue weighted by Crippen LogP contribution is -2.25. The van der Waals surface area contributed by atoms with Crippen LogP contribution in [0.25, 0.3) is 0 Å². The molecular formula is C8H12O4S. The summed E-state index contributed by atoms with van der Waals surface area (Å²) in [7, 11) is 2.63. The lowest BCUT2D eigenvalue weighted by Gasteiger charge is -2.11. The van der Waals surface area contributed by atoms with E-state index in [-0.39, 0.29) is 17.3 Å². The lowest BCUT2D eigenvalue weighted by molar-refractivity contribution is -0.142. The van der Waals surface area contributed by atoms with E-state index in [1.807, 2.05) is 0 Å². The maximum atomic E-state index is 11.0. The van der Waals surface area contributed by atoms with Gasteiger partial charge in [-0.3, -0.25) is 9.59 Å². The first-order valence-corrected chi connectivity index (χ1v) is 4.08. The standard InChI is InChI=1S/C8H12O4S/c1-5(9)6(8(13)12-3)4-7(10)11-2/h6H,4H2,1-3H3. The molecule has 0 fully saturated rings. The van der Waals surface area contributed by atoms with E-state index < -0.39 is 11.9 Å². The molecule has 0 aliphatic carbocycles. The molecule has 0 bridgehead atoms. The Balaban J connectivity index is 4.35. The maximum absolute atomic E-state index is 11.0. The Kier molecular flexibility index (Phi) is 5.22. The fourth-order valence-corrected chi connectivity index (χ4v) is 1.03. The van der Waals surface area contributed by atoms with E-state index in [4.69, 9.17) is 17.0 Å². The van der Waals surface area contributed by atoms with Crippen LogP contribution in [-0.2, 0) is 19.1 Å². The molecule has 0 aliphatic heterocycles. The van der Waals surface area contributed by atoms with Crippen molar-refractivity contribution >= 4 is 29.0 Å². The molecular weight excluding hydrogens is 192 g/mol. The highest BCUT2D eigenvalue weighted by Crippen LogP contribution is 2.09. The van der Waals surface area contributed by atoms with Crippen LogP contribution in [0.3, 0.4) is 0 Å². The van der Waals surface area contributed by atoms with Crippen LogP contribution >= 0.6 is 12.2 Å². The van der Waals surface area contributed by atoms with E-state index in [0.717, 1.165) is 0 Å². The van der Waals surface area contributed by atoms with Crippen molar-refractivity contribution in [1.29, 1.82) is 0 Å². The zero-order chi connectivity index (χ0) is 10.4. The molecule has 0 heterocycles. The summed E-state index contributed by atoms with van der Waals surface area (Å²) in [6, 6.07) is 0. The molecule has 0 saturated carbocycles. The van der Waals surface area contributed by atoms with E-state index in [1.165, 1.54) is 21.1 Å². The van der Waals surface area contributed by atoms with Crippen LogP contribution < -0.4 is 0 Å². The highest BCUT2D eigenvalue weighted by Gasteiger charge is 2.24. The monoisotopic (exact) mass is 204 g/mol. The minimum Gasteiger partial charge on any atom is -0.489 e. The third-order valence-electron chi connectivity index (χ3n) is 1.57. The first kappa shape index (κ1) is 12.0. The highest BCUT2D eigenvalue weighted by molar-refractivity contribution is 7.80. The van der Waals surface area contributed by atoms with Crippen molar-refractivity contribution in [2.24, 2.45) is 5.92 Å². The SMILES string of the molecule is COC(=O)CC(C(C)=O)C(=S)OC. The smallest absolute Gasteiger partial charge is 0.306 e. The Bertz CT molecular complexity index is 224. The van der Waals surface area contributed by atoms with Gasteiger partial charge in [-0.05, 0) is 19.1 Å². The zero-order valence-electron chi connectivity index (χ0n) is 7.83. The molecule has 0 amide bonds. The fourth-order valence-electron chi connectivity index (χ4n) is 0.785. The molecule has 74 valence electrons. The summed E-state index contributed by atoms with van der Waals surface area (Å²) in [6.07, 6.45) is -0.0570. The van der Waals surface area contributed by atoms with Crippen molar-refractivity contribution in [2.45, 2.75) is 13.3 Å². The summed E-state index contributed by atoms with van der Waals surface area (Å²) in [4.78, 5) is 21.9. The van der Waals surface area contributed by atoms with Crippen LogP contribution in [0.2, 0.25) is 0 Å². The van der Waals surface area contributed by atoms with Gasteiger partial charge in [0, 0.05) is 0 Å². The lowest BCUT2D eigenvalue weighted by atomic mass is 10.0. The normalized spacial score (nSPS) is 11.6. The molecule has 0 N–H and O–H groups in total. The molecule has 1 unspecified atom stereocenters. The average molecular weight is 204 g/mol. The van der Waals surface area contributed by atoms with Gasteiger partial charge in [-0.15, -0.1) is 0 Å². The van der Waals surface area contributed by atoms with Crippen LogP contribution in [0.5, 0.6) is 0 Å². The summed E-state index contributed by atoms with van der Waals surface area (Å²) in [5, 5.41) is 0.123. The van der Waals surface area contributed by atoms with Crippen LogP contribution in [-0.4, -0.2) is 31.0 Å². The van der Waals surface area contributed by atoms with Crippen molar-refractivity contribution in [3.63, 3.8) is 0 Å². The molecule has 0 aromatic heterocycles. The maximum Gasteiger partial charge on any atom is 0.306 e. The number of methoxy groups -OCH3 is 2. The van der Waals surface area contributed by atoms with E-state index in [2.05, 4.69) is 4.74 Å². The summed E-state index contributed by atoms with van der Waals surface area (Å²) in [5.41, 5.74) is 0. The topological polar surface area (TPSA) is 52.6 Å². The second-order valence-corrected chi connectivity index (χ2v) is 2.87. The Morgan fingerprint density at radius 1 is 1.31 bits per heavy atom. The largest absolute Gasteiger partial charge is 0.489 e. The van der Waals surface area contributed by atoms with Crippen LogP contribution in [0.15, 0.2) is 0 Å². The molecule has 5 heteroatoms. The number of hydrogen-bond acceptors (Lipinski definition) is 5. The number of Topliss-reactive ketones (excluding diaryl/α,β-unsaturated/α-hetero) is 1. The molecule has 1 atom stereocenters. The van der Waals surface area contributed by atoms with Gasteiger partial charge in [0.2, 0.25) is 0 Å². The van der Waals surface area contributed by atoms with E-state index in [1.54, 1.807) is 0 Å². The second-order valence-electron chi connectivity index (χ2n) is 2.47. The number of ether oxygens (including phenoxy) is 2. The number of rotatable bonds is 4. The Morgan fingerprint density at radius 2 is 1.85 bits per heavy atom. The molecule has 0 radical (unpaired) electrons. The molecule has 0 aromatic rings. The zero-order valence-corrected chi connectivity index (χ0v) is 8.64. The first-order chi connectivity index (χ1) is 6.02. The first-order valence-electron chi connectivity index (χ1n) is 3.68. The number of carbonyl (C=O) groups excluding carboxylic acids is 2. The molecule has 13 heavy (non-hydrogen) atoms. The third-order valence-corrected chi connectivity index (χ3v) is 2.03. The summed E-state index contributed by atoms with van der Waals surface area (Å²) < 4.78 is 9.14. The summed E-state index contributed by atoms with van der Waals surface area (Å²) in [5.74, 6) is -1.34. The van der Waals surface area contributed by atoms with E-state index in [0.29, 0.717) is 0 Å². The predicted molar refractivity (Wildman–Crippen MR) is 50.4 cm³/mol. The minimum absolute atomic E-state index is 0.0570. The quantitative estimate of drug-likeness (QED) is 0.499. The van der Waals surface area contributed by atoms with E-state index >= 15 is 0 Å². The van der Waals surface area contributed by atoms with Gasteiger partial charge in [0.25, 0.3) is 0 Å². The number of carbonyl (C=O) groups is 2. The second kappa shape index (κ2) is 5.64. The fraction of sp³-hybridized carbons (Fsp3) is 0.625. The number of hydrogen-bond donors (Lipinski definition) is 0. The van der Waals surface area contributed by atoms with Crippen molar-refractivity contribution in [3.8, 4) is 0 Å². The Hall–Kier alpha value is -0.970. The number of ketones is 1. The van der Waals surface area contributed by atoms with Gasteiger partial charge < -0.3 is 9.47 Å². The molecule has 0 spiro atoms. The van der Waals surface area contributed by atoms with Gasteiger partial charge in [0.1, 0.15) is 5.78 Å². The summed E-state index contributed by atoms with van der Waals surface area (Å²) >= 11 is 4.77. The molecule has 0 aromatic carbocycles. The molecule has 0 saturated heterocycles. The molecule has 4 nitrogen and oxygen atoms in total.